The number of hydrogen-bond acceptors (Lipinski definition) is 3. The second-order valence-electron chi connectivity index (χ2n) is 6.71. The molecular formula is C22H22F2N2O3. The lowest BCUT2D eigenvalue weighted by molar-refractivity contribution is -0.133. The van der Waals surface area contributed by atoms with Gasteiger partial charge >= 0.3 is 6.61 Å². The van der Waals surface area contributed by atoms with Gasteiger partial charge in [-0.05, 0) is 42.7 Å². The molecule has 7 heteroatoms. The number of alkyl halides is 2. The fourth-order valence-corrected chi connectivity index (χ4v) is 3.17. The number of benzene rings is 2. The molecule has 1 saturated heterocycles. The largest absolute Gasteiger partial charge is 0.434 e. The number of likely N-dealkylation sites (tertiary alicyclic amines) is 1. The van der Waals surface area contributed by atoms with Crippen LogP contribution in [-0.2, 0) is 16.1 Å². The van der Waals surface area contributed by atoms with E-state index in [0.29, 0.717) is 24.2 Å². The third-order valence-electron chi connectivity index (χ3n) is 4.54. The topological polar surface area (TPSA) is 58.6 Å². The maximum absolute atomic E-state index is 12.5. The van der Waals surface area contributed by atoms with Crippen LogP contribution in [0, 0.1) is 0 Å². The molecule has 0 aromatic heterocycles. The van der Waals surface area contributed by atoms with Gasteiger partial charge in [-0.15, -0.1) is 0 Å². The lowest BCUT2D eigenvalue weighted by atomic mass is 10.1. The van der Waals surface area contributed by atoms with E-state index in [9.17, 15) is 18.4 Å². The van der Waals surface area contributed by atoms with Crippen molar-refractivity contribution in [3.63, 3.8) is 0 Å². The first-order valence-corrected chi connectivity index (χ1v) is 9.41. The van der Waals surface area contributed by atoms with Gasteiger partial charge in [0.1, 0.15) is 5.75 Å². The maximum atomic E-state index is 12.5. The number of hydrogen-bond donors (Lipinski definition) is 1. The van der Waals surface area contributed by atoms with Gasteiger partial charge in [-0.3, -0.25) is 9.59 Å². The summed E-state index contributed by atoms with van der Waals surface area (Å²) in [7, 11) is 0. The average Bonchev–Trinajstić information content (AvgIpc) is 2.69. The highest BCUT2D eigenvalue weighted by molar-refractivity contribution is 6.02. The van der Waals surface area contributed by atoms with Crippen molar-refractivity contribution >= 4 is 23.6 Å². The fraction of sp³-hybridized carbons (Fsp3) is 0.273. The van der Waals surface area contributed by atoms with Crippen LogP contribution in [0.3, 0.4) is 0 Å². The van der Waals surface area contributed by atoms with Crippen LogP contribution in [0.15, 0.2) is 54.6 Å². The molecule has 0 unspecified atom stereocenters. The Labute approximate surface area is 168 Å². The molecule has 1 heterocycles. The molecule has 1 aliphatic rings. The molecule has 0 aliphatic carbocycles. The number of carbonyl (C=O) groups is 2. The van der Waals surface area contributed by atoms with E-state index in [0.717, 1.165) is 24.9 Å². The van der Waals surface area contributed by atoms with Gasteiger partial charge < -0.3 is 15.0 Å². The SMILES string of the molecule is O=C(/C=C/c1ccccc1OC(F)F)Nc1cccc(CN2CCCCC2=O)c1. The van der Waals surface area contributed by atoms with Crippen LogP contribution in [0.4, 0.5) is 14.5 Å². The third kappa shape index (κ3) is 6.14. The van der Waals surface area contributed by atoms with Crippen LogP contribution in [0.5, 0.6) is 5.75 Å². The van der Waals surface area contributed by atoms with E-state index < -0.39 is 12.5 Å². The van der Waals surface area contributed by atoms with E-state index in [2.05, 4.69) is 10.1 Å². The summed E-state index contributed by atoms with van der Waals surface area (Å²) in [5, 5.41) is 2.74. The molecule has 1 N–H and O–H groups in total. The minimum Gasteiger partial charge on any atom is -0.434 e. The molecule has 1 fully saturated rings. The number of amides is 2. The first-order valence-electron chi connectivity index (χ1n) is 9.41. The molecule has 0 spiro atoms. The molecule has 2 aromatic rings. The van der Waals surface area contributed by atoms with Gasteiger partial charge in [-0.2, -0.15) is 8.78 Å². The molecule has 2 aromatic carbocycles. The van der Waals surface area contributed by atoms with Crippen LogP contribution in [-0.4, -0.2) is 29.9 Å². The van der Waals surface area contributed by atoms with Crippen molar-refractivity contribution in [3.05, 3.63) is 65.7 Å². The predicted octanol–water partition coefficient (Wildman–Crippen LogP) is 4.45. The minimum absolute atomic E-state index is 0.000235. The Morgan fingerprint density at radius 3 is 2.79 bits per heavy atom. The Morgan fingerprint density at radius 1 is 1.17 bits per heavy atom. The van der Waals surface area contributed by atoms with Gasteiger partial charge in [0.25, 0.3) is 0 Å². The summed E-state index contributed by atoms with van der Waals surface area (Å²) in [5.74, 6) is -0.249. The second kappa shape index (κ2) is 9.82. The van der Waals surface area contributed by atoms with Crippen molar-refractivity contribution in [1.82, 2.24) is 4.90 Å². The molecule has 0 bridgehead atoms. The zero-order valence-electron chi connectivity index (χ0n) is 15.8. The summed E-state index contributed by atoms with van der Waals surface area (Å²) in [4.78, 5) is 26.0. The Balaban J connectivity index is 1.62. The highest BCUT2D eigenvalue weighted by atomic mass is 19.3. The van der Waals surface area contributed by atoms with Gasteiger partial charge in [-0.1, -0.05) is 30.3 Å². The monoisotopic (exact) mass is 400 g/mol. The molecule has 2 amide bonds. The summed E-state index contributed by atoms with van der Waals surface area (Å²) >= 11 is 0. The number of piperidine rings is 1. The van der Waals surface area contributed by atoms with Crippen LogP contribution in [0.25, 0.3) is 6.08 Å². The molecular weight excluding hydrogens is 378 g/mol. The Bertz CT molecular complexity index is 899. The minimum atomic E-state index is -2.94. The Kier molecular flexibility index (Phi) is 6.94. The van der Waals surface area contributed by atoms with Gasteiger partial charge in [0.05, 0.1) is 0 Å². The van der Waals surface area contributed by atoms with Crippen molar-refractivity contribution in [2.45, 2.75) is 32.4 Å². The van der Waals surface area contributed by atoms with Crippen molar-refractivity contribution in [2.75, 3.05) is 11.9 Å². The molecule has 152 valence electrons. The quantitative estimate of drug-likeness (QED) is 0.699. The zero-order chi connectivity index (χ0) is 20.6. The molecule has 5 nitrogen and oxygen atoms in total. The lowest BCUT2D eigenvalue weighted by Crippen LogP contribution is -2.34. The van der Waals surface area contributed by atoms with E-state index in [-0.39, 0.29) is 11.7 Å². The van der Waals surface area contributed by atoms with E-state index in [4.69, 9.17) is 0 Å². The standard InChI is InChI=1S/C22H22F2N2O3/c23-22(24)29-19-9-2-1-7-17(19)11-12-20(27)25-18-8-5-6-16(14-18)15-26-13-4-3-10-21(26)28/h1-2,5-9,11-12,14,22H,3-4,10,13,15H2,(H,25,27)/b12-11+. The maximum Gasteiger partial charge on any atom is 0.387 e. The van der Waals surface area contributed by atoms with Gasteiger partial charge in [0.2, 0.25) is 11.8 Å². The van der Waals surface area contributed by atoms with Crippen molar-refractivity contribution in [3.8, 4) is 5.75 Å². The Hall–Kier alpha value is -3.22. The molecule has 0 radical (unpaired) electrons. The van der Waals surface area contributed by atoms with Crippen molar-refractivity contribution < 1.29 is 23.1 Å². The van der Waals surface area contributed by atoms with Crippen molar-refractivity contribution in [1.29, 1.82) is 0 Å². The van der Waals surface area contributed by atoms with Crippen LogP contribution in [0.1, 0.15) is 30.4 Å². The van der Waals surface area contributed by atoms with E-state index in [1.807, 2.05) is 23.1 Å². The van der Waals surface area contributed by atoms with Gasteiger partial charge in [0.15, 0.2) is 0 Å². The lowest BCUT2D eigenvalue weighted by Gasteiger charge is -2.26. The number of ether oxygens (including phenoxy) is 1. The fourth-order valence-electron chi connectivity index (χ4n) is 3.17. The summed E-state index contributed by atoms with van der Waals surface area (Å²) in [5.41, 5.74) is 1.90. The molecule has 29 heavy (non-hydrogen) atoms. The number of nitrogens with zero attached hydrogens (tertiary/aromatic N) is 1. The molecule has 1 aliphatic heterocycles. The predicted molar refractivity (Wildman–Crippen MR) is 106 cm³/mol. The third-order valence-corrected chi connectivity index (χ3v) is 4.54. The highest BCUT2D eigenvalue weighted by Gasteiger charge is 2.18. The summed E-state index contributed by atoms with van der Waals surface area (Å²) < 4.78 is 29.4. The number of rotatable bonds is 7. The van der Waals surface area contributed by atoms with Crippen LogP contribution in [0.2, 0.25) is 0 Å². The van der Waals surface area contributed by atoms with Crippen LogP contribution >= 0.6 is 0 Å². The van der Waals surface area contributed by atoms with E-state index in [1.165, 1.54) is 18.2 Å². The zero-order valence-corrected chi connectivity index (χ0v) is 15.8. The number of nitrogens with one attached hydrogen (secondary N) is 1. The highest BCUT2D eigenvalue weighted by Crippen LogP contribution is 2.22. The summed E-state index contributed by atoms with van der Waals surface area (Å²) in [6.07, 6.45) is 5.20. The van der Waals surface area contributed by atoms with Crippen LogP contribution < -0.4 is 10.1 Å². The summed E-state index contributed by atoms with van der Waals surface area (Å²) in [6.45, 7) is -1.68. The first kappa shape index (κ1) is 20.5. The van der Waals surface area contributed by atoms with E-state index >= 15 is 0 Å². The summed E-state index contributed by atoms with van der Waals surface area (Å²) in [6, 6.07) is 13.5. The normalized spacial score (nSPS) is 14.4. The van der Waals surface area contributed by atoms with E-state index in [1.54, 1.807) is 24.3 Å². The number of halogens is 2. The molecule has 0 saturated carbocycles. The number of carbonyl (C=O) groups excluding carboxylic acids is 2. The van der Waals surface area contributed by atoms with Gasteiger partial charge in [0, 0.05) is 36.8 Å². The number of para-hydroxylation sites is 1. The smallest absolute Gasteiger partial charge is 0.387 e. The molecule has 0 atom stereocenters. The number of anilines is 1. The molecule has 3 rings (SSSR count). The van der Waals surface area contributed by atoms with Crippen molar-refractivity contribution in [2.24, 2.45) is 0 Å². The average molecular weight is 400 g/mol. The Morgan fingerprint density at radius 2 is 2.00 bits per heavy atom. The second-order valence-corrected chi connectivity index (χ2v) is 6.71. The first-order chi connectivity index (χ1) is 14.0. The van der Waals surface area contributed by atoms with Gasteiger partial charge in [-0.25, -0.2) is 0 Å².